The van der Waals surface area contributed by atoms with Crippen LogP contribution in [0.3, 0.4) is 0 Å². The van der Waals surface area contributed by atoms with Gasteiger partial charge < -0.3 is 5.11 Å². The lowest BCUT2D eigenvalue weighted by Crippen LogP contribution is -2.12. The molecule has 1 aliphatic carbocycles. The van der Waals surface area contributed by atoms with Crippen LogP contribution in [0.4, 0.5) is 0 Å². The van der Waals surface area contributed by atoms with Crippen molar-refractivity contribution in [2.45, 2.75) is 32.3 Å². The van der Waals surface area contributed by atoms with Crippen LogP contribution >= 0.6 is 0 Å². The van der Waals surface area contributed by atoms with Crippen LogP contribution in [0.5, 0.6) is 0 Å². The van der Waals surface area contributed by atoms with E-state index in [2.05, 4.69) is 0 Å². The Balaban J connectivity index is 2.39. The van der Waals surface area contributed by atoms with E-state index in [9.17, 15) is 4.79 Å². The van der Waals surface area contributed by atoms with Crippen molar-refractivity contribution in [1.29, 1.82) is 0 Å². The average molecular weight is 128 g/mol. The highest BCUT2D eigenvalue weighted by Gasteiger charge is 2.25. The zero-order valence-electron chi connectivity index (χ0n) is 5.63. The minimum Gasteiger partial charge on any atom is -0.393 e. The Morgan fingerprint density at radius 2 is 2.44 bits per heavy atom. The fourth-order valence-corrected chi connectivity index (χ4v) is 1.25. The van der Waals surface area contributed by atoms with Crippen LogP contribution in [0.2, 0.25) is 0 Å². The number of hydrogen-bond donors (Lipinski definition) is 1. The molecule has 0 unspecified atom stereocenters. The molecule has 1 rings (SSSR count). The fourth-order valence-electron chi connectivity index (χ4n) is 1.25. The maximum absolute atomic E-state index is 10.6. The Hall–Kier alpha value is -0.370. The second-order valence-corrected chi connectivity index (χ2v) is 2.78. The third kappa shape index (κ3) is 1.52. The molecule has 1 aliphatic rings. The van der Waals surface area contributed by atoms with Gasteiger partial charge in [-0.25, -0.2) is 0 Å². The first-order valence-corrected chi connectivity index (χ1v) is 3.40. The summed E-state index contributed by atoms with van der Waals surface area (Å²) in [5, 5.41) is 9.02. The zero-order valence-corrected chi connectivity index (χ0v) is 5.63. The van der Waals surface area contributed by atoms with Gasteiger partial charge in [-0.15, -0.1) is 0 Å². The van der Waals surface area contributed by atoms with Gasteiger partial charge in [0.25, 0.3) is 0 Å². The summed E-state index contributed by atoms with van der Waals surface area (Å²) < 4.78 is 0. The van der Waals surface area contributed by atoms with Crippen molar-refractivity contribution in [2.75, 3.05) is 0 Å². The molecule has 0 amide bonds. The van der Waals surface area contributed by atoms with Gasteiger partial charge in [0.1, 0.15) is 5.78 Å². The number of ketones is 1. The summed E-state index contributed by atoms with van der Waals surface area (Å²) in [6.45, 7) is 1.75. The SMILES string of the molecule is C[C@@H](O)[C@H]1CCC(=O)C1. The van der Waals surface area contributed by atoms with Gasteiger partial charge in [-0.05, 0) is 19.3 Å². The van der Waals surface area contributed by atoms with Crippen LogP contribution in [-0.2, 0) is 4.79 Å². The Bertz CT molecular complexity index is 118. The monoisotopic (exact) mass is 128 g/mol. The highest BCUT2D eigenvalue weighted by atomic mass is 16.3. The molecule has 2 nitrogen and oxygen atoms in total. The zero-order chi connectivity index (χ0) is 6.85. The van der Waals surface area contributed by atoms with Crippen LogP contribution in [0, 0.1) is 5.92 Å². The molecule has 0 aliphatic heterocycles. The highest BCUT2D eigenvalue weighted by Crippen LogP contribution is 2.24. The molecule has 0 spiro atoms. The predicted molar refractivity (Wildman–Crippen MR) is 34.0 cm³/mol. The van der Waals surface area contributed by atoms with Crippen molar-refractivity contribution in [3.05, 3.63) is 0 Å². The number of aliphatic hydroxyl groups is 1. The van der Waals surface area contributed by atoms with Crippen molar-refractivity contribution < 1.29 is 9.90 Å². The van der Waals surface area contributed by atoms with E-state index in [0.29, 0.717) is 18.6 Å². The van der Waals surface area contributed by atoms with Gasteiger partial charge in [0.05, 0.1) is 6.10 Å². The summed E-state index contributed by atoms with van der Waals surface area (Å²) in [7, 11) is 0. The number of aliphatic hydroxyl groups excluding tert-OH is 1. The Morgan fingerprint density at radius 3 is 2.67 bits per heavy atom. The summed E-state index contributed by atoms with van der Waals surface area (Å²) in [6.07, 6.45) is 1.86. The van der Waals surface area contributed by atoms with Crippen LogP contribution in [0.25, 0.3) is 0 Å². The molecule has 1 fully saturated rings. The van der Waals surface area contributed by atoms with Crippen LogP contribution < -0.4 is 0 Å². The van der Waals surface area contributed by atoms with Gasteiger partial charge in [0, 0.05) is 12.8 Å². The Kier molecular flexibility index (Phi) is 1.86. The molecule has 0 aromatic rings. The molecular formula is C7H12O2. The van der Waals surface area contributed by atoms with Crippen LogP contribution in [-0.4, -0.2) is 17.0 Å². The van der Waals surface area contributed by atoms with Gasteiger partial charge in [0.15, 0.2) is 0 Å². The highest BCUT2D eigenvalue weighted by molar-refractivity contribution is 5.80. The molecule has 2 heteroatoms. The average Bonchev–Trinajstić information content (AvgIpc) is 2.14. The molecule has 0 aromatic carbocycles. The standard InChI is InChI=1S/C7H12O2/c1-5(8)6-2-3-7(9)4-6/h5-6,8H,2-4H2,1H3/t5-,6+/m1/s1. The third-order valence-electron chi connectivity index (χ3n) is 1.97. The van der Waals surface area contributed by atoms with Crippen molar-refractivity contribution in [3.63, 3.8) is 0 Å². The van der Waals surface area contributed by atoms with E-state index >= 15 is 0 Å². The van der Waals surface area contributed by atoms with E-state index < -0.39 is 0 Å². The maximum Gasteiger partial charge on any atom is 0.133 e. The molecule has 2 atom stereocenters. The maximum atomic E-state index is 10.6. The number of Topliss-reactive ketones (excluding diaryl/α,β-unsaturated/α-hetero) is 1. The molecule has 0 bridgehead atoms. The Labute approximate surface area is 54.9 Å². The summed E-state index contributed by atoms with van der Waals surface area (Å²) in [6, 6.07) is 0. The Morgan fingerprint density at radius 1 is 1.78 bits per heavy atom. The quantitative estimate of drug-likeness (QED) is 0.565. The van der Waals surface area contributed by atoms with E-state index in [1.807, 2.05) is 0 Å². The molecule has 9 heavy (non-hydrogen) atoms. The van der Waals surface area contributed by atoms with E-state index in [1.54, 1.807) is 6.92 Å². The second kappa shape index (κ2) is 2.48. The molecule has 52 valence electrons. The third-order valence-corrected chi connectivity index (χ3v) is 1.97. The molecule has 1 saturated carbocycles. The number of hydrogen-bond acceptors (Lipinski definition) is 2. The van der Waals surface area contributed by atoms with Crippen LogP contribution in [0.15, 0.2) is 0 Å². The molecule has 1 N–H and O–H groups in total. The van der Waals surface area contributed by atoms with Gasteiger partial charge in [-0.2, -0.15) is 0 Å². The number of carbonyl (C=O) groups is 1. The first kappa shape index (κ1) is 6.75. The minimum absolute atomic E-state index is 0.248. The van der Waals surface area contributed by atoms with Crippen molar-refractivity contribution in [2.24, 2.45) is 5.92 Å². The second-order valence-electron chi connectivity index (χ2n) is 2.78. The normalized spacial score (nSPS) is 30.9. The van der Waals surface area contributed by atoms with Gasteiger partial charge in [0.2, 0.25) is 0 Å². The predicted octanol–water partition coefficient (Wildman–Crippen LogP) is 0.736. The molecule has 0 radical (unpaired) electrons. The van der Waals surface area contributed by atoms with Crippen molar-refractivity contribution in [1.82, 2.24) is 0 Å². The van der Waals surface area contributed by atoms with Gasteiger partial charge in [-0.1, -0.05) is 0 Å². The van der Waals surface area contributed by atoms with E-state index in [0.717, 1.165) is 6.42 Å². The van der Waals surface area contributed by atoms with E-state index in [-0.39, 0.29) is 12.0 Å². The molecule has 0 aromatic heterocycles. The lowest BCUT2D eigenvalue weighted by atomic mass is 10.0. The minimum atomic E-state index is -0.295. The molecule has 0 heterocycles. The lowest BCUT2D eigenvalue weighted by Gasteiger charge is -2.09. The summed E-state index contributed by atoms with van der Waals surface area (Å²) in [5.41, 5.74) is 0. The first-order chi connectivity index (χ1) is 4.20. The first-order valence-electron chi connectivity index (χ1n) is 3.40. The largest absolute Gasteiger partial charge is 0.393 e. The van der Waals surface area contributed by atoms with Gasteiger partial charge in [-0.3, -0.25) is 4.79 Å². The fraction of sp³-hybridized carbons (Fsp3) is 0.857. The van der Waals surface area contributed by atoms with Crippen molar-refractivity contribution >= 4 is 5.78 Å². The number of rotatable bonds is 1. The smallest absolute Gasteiger partial charge is 0.133 e. The lowest BCUT2D eigenvalue weighted by molar-refractivity contribution is -0.117. The molecular weight excluding hydrogens is 116 g/mol. The van der Waals surface area contributed by atoms with Crippen molar-refractivity contribution in [3.8, 4) is 0 Å². The van der Waals surface area contributed by atoms with E-state index in [1.165, 1.54) is 0 Å². The van der Waals surface area contributed by atoms with E-state index in [4.69, 9.17) is 5.11 Å². The summed E-state index contributed by atoms with van der Waals surface area (Å²) in [4.78, 5) is 10.6. The topological polar surface area (TPSA) is 37.3 Å². The molecule has 0 saturated heterocycles. The summed E-state index contributed by atoms with van der Waals surface area (Å²) in [5.74, 6) is 0.554. The number of carbonyl (C=O) groups excluding carboxylic acids is 1. The summed E-state index contributed by atoms with van der Waals surface area (Å²) >= 11 is 0. The van der Waals surface area contributed by atoms with Gasteiger partial charge >= 0.3 is 0 Å². The van der Waals surface area contributed by atoms with Crippen LogP contribution in [0.1, 0.15) is 26.2 Å².